The second-order valence-corrected chi connectivity index (χ2v) is 3.12. The van der Waals surface area contributed by atoms with Gasteiger partial charge in [0.25, 0.3) is 0 Å². The summed E-state index contributed by atoms with van der Waals surface area (Å²) in [6.45, 7) is 0.353. The standard InChI is InChI=1S/C8H17NO/c1-9-8-5-3-2-4-7(8)6-10/h7-10H,2-6H2,1H3/t7-,8-/m0/s1. The van der Waals surface area contributed by atoms with Crippen molar-refractivity contribution in [1.82, 2.24) is 5.32 Å². The Hall–Kier alpha value is -0.0800. The molecule has 0 radical (unpaired) electrons. The van der Waals surface area contributed by atoms with Crippen LogP contribution in [0.2, 0.25) is 0 Å². The summed E-state index contributed by atoms with van der Waals surface area (Å²) in [7, 11) is 1.98. The Kier molecular flexibility index (Phi) is 3.16. The van der Waals surface area contributed by atoms with E-state index < -0.39 is 0 Å². The van der Waals surface area contributed by atoms with Crippen molar-refractivity contribution in [3.63, 3.8) is 0 Å². The van der Waals surface area contributed by atoms with Gasteiger partial charge in [0, 0.05) is 12.6 Å². The maximum absolute atomic E-state index is 8.95. The van der Waals surface area contributed by atoms with Crippen LogP contribution in [0.25, 0.3) is 0 Å². The van der Waals surface area contributed by atoms with Crippen LogP contribution < -0.4 is 5.32 Å². The van der Waals surface area contributed by atoms with Crippen molar-refractivity contribution in [3.8, 4) is 0 Å². The van der Waals surface area contributed by atoms with Crippen LogP contribution in [0.5, 0.6) is 0 Å². The zero-order chi connectivity index (χ0) is 7.40. The van der Waals surface area contributed by atoms with Crippen molar-refractivity contribution in [2.45, 2.75) is 31.7 Å². The van der Waals surface area contributed by atoms with E-state index in [9.17, 15) is 0 Å². The van der Waals surface area contributed by atoms with Gasteiger partial charge in [-0.1, -0.05) is 12.8 Å². The van der Waals surface area contributed by atoms with E-state index in [1.165, 1.54) is 25.7 Å². The first kappa shape index (κ1) is 8.02. The van der Waals surface area contributed by atoms with Crippen molar-refractivity contribution in [1.29, 1.82) is 0 Å². The average molecular weight is 143 g/mol. The van der Waals surface area contributed by atoms with Crippen LogP contribution in [-0.4, -0.2) is 24.8 Å². The SMILES string of the molecule is CN[C@H]1CCCC[C@H]1CO. The molecule has 2 N–H and O–H groups in total. The van der Waals surface area contributed by atoms with Crippen LogP contribution >= 0.6 is 0 Å². The molecule has 1 saturated carbocycles. The summed E-state index contributed by atoms with van der Waals surface area (Å²) in [6, 6.07) is 0.568. The Bertz CT molecular complexity index is 83.3. The van der Waals surface area contributed by atoms with Gasteiger partial charge in [-0.05, 0) is 25.8 Å². The fraction of sp³-hybridized carbons (Fsp3) is 1.00. The zero-order valence-corrected chi connectivity index (χ0v) is 6.64. The number of hydrogen-bond donors (Lipinski definition) is 2. The highest BCUT2D eigenvalue weighted by Gasteiger charge is 2.22. The molecule has 0 amide bonds. The first-order valence-corrected chi connectivity index (χ1v) is 4.16. The summed E-state index contributed by atoms with van der Waals surface area (Å²) < 4.78 is 0. The van der Waals surface area contributed by atoms with Gasteiger partial charge in [0.2, 0.25) is 0 Å². The molecule has 0 spiro atoms. The predicted octanol–water partition coefficient (Wildman–Crippen LogP) is 0.757. The molecule has 0 heterocycles. The van der Waals surface area contributed by atoms with E-state index in [1.54, 1.807) is 0 Å². The van der Waals surface area contributed by atoms with Crippen LogP contribution in [0.4, 0.5) is 0 Å². The number of aliphatic hydroxyl groups excluding tert-OH is 1. The highest BCUT2D eigenvalue weighted by molar-refractivity contribution is 4.78. The molecule has 0 aromatic heterocycles. The molecule has 2 nitrogen and oxygen atoms in total. The molecule has 0 saturated heterocycles. The monoisotopic (exact) mass is 143 g/mol. The molecule has 1 rings (SSSR count). The molecular weight excluding hydrogens is 126 g/mol. The van der Waals surface area contributed by atoms with Crippen molar-refractivity contribution < 1.29 is 5.11 Å². The lowest BCUT2D eigenvalue weighted by molar-refractivity contribution is 0.157. The van der Waals surface area contributed by atoms with E-state index in [2.05, 4.69) is 5.32 Å². The van der Waals surface area contributed by atoms with Gasteiger partial charge in [0.1, 0.15) is 0 Å². The largest absolute Gasteiger partial charge is 0.396 e. The molecule has 2 heteroatoms. The minimum atomic E-state index is 0.353. The Morgan fingerprint density at radius 3 is 2.60 bits per heavy atom. The van der Waals surface area contributed by atoms with Gasteiger partial charge in [0.05, 0.1) is 0 Å². The molecular formula is C8H17NO. The minimum Gasteiger partial charge on any atom is -0.396 e. The fourth-order valence-electron chi connectivity index (χ4n) is 1.81. The summed E-state index contributed by atoms with van der Waals surface area (Å²) in [4.78, 5) is 0. The van der Waals surface area contributed by atoms with Crippen molar-refractivity contribution in [3.05, 3.63) is 0 Å². The highest BCUT2D eigenvalue weighted by Crippen LogP contribution is 2.23. The molecule has 1 aliphatic rings. The first-order valence-electron chi connectivity index (χ1n) is 4.16. The van der Waals surface area contributed by atoms with E-state index in [0.29, 0.717) is 18.6 Å². The maximum Gasteiger partial charge on any atom is 0.0474 e. The number of nitrogens with one attached hydrogen (secondary N) is 1. The highest BCUT2D eigenvalue weighted by atomic mass is 16.3. The number of hydrogen-bond acceptors (Lipinski definition) is 2. The maximum atomic E-state index is 8.95. The Balaban J connectivity index is 2.34. The molecule has 1 fully saturated rings. The summed E-state index contributed by atoms with van der Waals surface area (Å²) in [5, 5.41) is 12.2. The van der Waals surface area contributed by atoms with Crippen molar-refractivity contribution in [2.75, 3.05) is 13.7 Å². The summed E-state index contributed by atoms with van der Waals surface area (Å²) in [6.07, 6.45) is 5.05. The molecule has 10 heavy (non-hydrogen) atoms. The van der Waals surface area contributed by atoms with Crippen LogP contribution in [-0.2, 0) is 0 Å². The molecule has 0 aromatic carbocycles. The predicted molar refractivity (Wildman–Crippen MR) is 41.9 cm³/mol. The Labute approximate surface area is 62.6 Å². The zero-order valence-electron chi connectivity index (χ0n) is 6.64. The third kappa shape index (κ3) is 1.70. The Morgan fingerprint density at radius 2 is 2.10 bits per heavy atom. The molecule has 60 valence electrons. The van der Waals surface area contributed by atoms with Gasteiger partial charge >= 0.3 is 0 Å². The third-order valence-corrected chi connectivity index (χ3v) is 2.51. The number of aliphatic hydroxyl groups is 1. The van der Waals surface area contributed by atoms with Gasteiger partial charge in [-0.25, -0.2) is 0 Å². The van der Waals surface area contributed by atoms with E-state index >= 15 is 0 Å². The second kappa shape index (κ2) is 3.94. The van der Waals surface area contributed by atoms with E-state index in [1.807, 2.05) is 7.05 Å². The van der Waals surface area contributed by atoms with E-state index in [-0.39, 0.29) is 0 Å². The van der Waals surface area contributed by atoms with E-state index in [4.69, 9.17) is 5.11 Å². The molecule has 1 aliphatic carbocycles. The normalized spacial score (nSPS) is 34.2. The van der Waals surface area contributed by atoms with Crippen LogP contribution in [0.15, 0.2) is 0 Å². The quantitative estimate of drug-likeness (QED) is 0.598. The van der Waals surface area contributed by atoms with Gasteiger partial charge < -0.3 is 10.4 Å². The first-order chi connectivity index (χ1) is 4.88. The smallest absolute Gasteiger partial charge is 0.0474 e. The molecule has 0 bridgehead atoms. The summed E-state index contributed by atoms with van der Waals surface area (Å²) in [5.74, 6) is 0.513. The van der Waals surface area contributed by atoms with Crippen LogP contribution in [0.1, 0.15) is 25.7 Å². The summed E-state index contributed by atoms with van der Waals surface area (Å²) in [5.41, 5.74) is 0. The summed E-state index contributed by atoms with van der Waals surface area (Å²) >= 11 is 0. The third-order valence-electron chi connectivity index (χ3n) is 2.51. The lowest BCUT2D eigenvalue weighted by atomic mass is 9.85. The second-order valence-electron chi connectivity index (χ2n) is 3.12. The molecule has 2 atom stereocenters. The lowest BCUT2D eigenvalue weighted by Gasteiger charge is -2.29. The van der Waals surface area contributed by atoms with Gasteiger partial charge in [-0.15, -0.1) is 0 Å². The van der Waals surface area contributed by atoms with Crippen LogP contribution in [0, 0.1) is 5.92 Å². The molecule has 0 unspecified atom stereocenters. The van der Waals surface area contributed by atoms with Crippen molar-refractivity contribution >= 4 is 0 Å². The Morgan fingerprint density at radius 1 is 1.40 bits per heavy atom. The molecule has 0 aromatic rings. The topological polar surface area (TPSA) is 32.3 Å². The van der Waals surface area contributed by atoms with Crippen molar-refractivity contribution in [2.24, 2.45) is 5.92 Å². The lowest BCUT2D eigenvalue weighted by Crippen LogP contribution is -2.37. The van der Waals surface area contributed by atoms with Gasteiger partial charge in [0.15, 0.2) is 0 Å². The van der Waals surface area contributed by atoms with Gasteiger partial charge in [-0.2, -0.15) is 0 Å². The number of rotatable bonds is 2. The average Bonchev–Trinajstić information content (AvgIpc) is 2.04. The fourth-order valence-corrected chi connectivity index (χ4v) is 1.81. The molecule has 0 aliphatic heterocycles. The van der Waals surface area contributed by atoms with E-state index in [0.717, 1.165) is 0 Å². The van der Waals surface area contributed by atoms with Gasteiger partial charge in [-0.3, -0.25) is 0 Å². The van der Waals surface area contributed by atoms with Crippen LogP contribution in [0.3, 0.4) is 0 Å². The minimum absolute atomic E-state index is 0.353.